The Morgan fingerprint density at radius 1 is 0.771 bits per heavy atom. The van der Waals surface area contributed by atoms with Crippen LogP contribution in [0.3, 0.4) is 0 Å². The molecule has 12 nitrogen and oxygen atoms in total. The highest BCUT2D eigenvalue weighted by Gasteiger charge is 2.37. The standard InChI is InChI=1S/C23H42N6O6/c1-8-14(26-13(4)30)20(33)29-18(23(5,6)7)22(35)28-16(11-12(2)3)21(34)27-15(19(25)32)9-10-17(24)31/h12,14-16,18H,8-11H2,1-7H3,(H2,24,31)(H2,25,32)(H,26,30)(H,27,34)(H,28,35)(H,29,33)/t14-,15-,16-,18+/m0/s1. The first-order chi connectivity index (χ1) is 16.0. The zero-order chi connectivity index (χ0) is 27.5. The van der Waals surface area contributed by atoms with Crippen molar-refractivity contribution in [1.82, 2.24) is 21.3 Å². The first kappa shape index (κ1) is 31.8. The summed E-state index contributed by atoms with van der Waals surface area (Å²) in [5, 5.41) is 10.4. The van der Waals surface area contributed by atoms with Crippen LogP contribution < -0.4 is 32.7 Å². The molecular weight excluding hydrogens is 456 g/mol. The Morgan fingerprint density at radius 2 is 1.29 bits per heavy atom. The summed E-state index contributed by atoms with van der Waals surface area (Å²) >= 11 is 0. The molecule has 0 aliphatic carbocycles. The van der Waals surface area contributed by atoms with Crippen molar-refractivity contribution in [2.75, 3.05) is 0 Å². The molecule has 35 heavy (non-hydrogen) atoms. The van der Waals surface area contributed by atoms with E-state index in [2.05, 4.69) is 21.3 Å². The summed E-state index contributed by atoms with van der Waals surface area (Å²) in [5.41, 5.74) is 9.72. The molecule has 0 aromatic rings. The summed E-state index contributed by atoms with van der Waals surface area (Å²) < 4.78 is 0. The zero-order valence-corrected chi connectivity index (χ0v) is 21.8. The summed E-state index contributed by atoms with van der Waals surface area (Å²) in [6, 6.07) is -4.01. The average molecular weight is 499 g/mol. The molecule has 0 fully saturated rings. The van der Waals surface area contributed by atoms with E-state index in [1.165, 1.54) is 6.92 Å². The number of carbonyl (C=O) groups excluding carboxylic acids is 6. The van der Waals surface area contributed by atoms with E-state index in [0.29, 0.717) is 6.42 Å². The number of primary amides is 2. The number of carbonyl (C=O) groups is 6. The number of nitrogens with two attached hydrogens (primary N) is 2. The number of nitrogens with one attached hydrogen (secondary N) is 4. The molecule has 0 saturated heterocycles. The Balaban J connectivity index is 5.70. The summed E-state index contributed by atoms with van der Waals surface area (Å²) in [7, 11) is 0. The van der Waals surface area contributed by atoms with Crippen LogP contribution in [0.5, 0.6) is 0 Å². The monoisotopic (exact) mass is 498 g/mol. The number of hydrogen-bond donors (Lipinski definition) is 6. The zero-order valence-electron chi connectivity index (χ0n) is 21.8. The van der Waals surface area contributed by atoms with Gasteiger partial charge in [0.15, 0.2) is 0 Å². The molecule has 200 valence electrons. The third kappa shape index (κ3) is 12.2. The summed E-state index contributed by atoms with van der Waals surface area (Å²) in [5.74, 6) is -3.64. The lowest BCUT2D eigenvalue weighted by Crippen LogP contribution is -2.61. The van der Waals surface area contributed by atoms with E-state index in [-0.39, 0.29) is 31.1 Å². The van der Waals surface area contributed by atoms with E-state index >= 15 is 0 Å². The quantitative estimate of drug-likeness (QED) is 0.181. The Morgan fingerprint density at radius 3 is 1.69 bits per heavy atom. The molecule has 0 aromatic heterocycles. The molecule has 8 N–H and O–H groups in total. The molecule has 0 aliphatic rings. The number of hydrogen-bond acceptors (Lipinski definition) is 6. The normalized spacial score (nSPS) is 14.7. The molecule has 0 aromatic carbocycles. The largest absolute Gasteiger partial charge is 0.370 e. The van der Waals surface area contributed by atoms with Crippen LogP contribution in [0.1, 0.15) is 74.1 Å². The second-order valence-corrected chi connectivity index (χ2v) is 10.1. The van der Waals surface area contributed by atoms with E-state index in [9.17, 15) is 28.8 Å². The Kier molecular flexibility index (Phi) is 13.0. The first-order valence-corrected chi connectivity index (χ1v) is 11.7. The highest BCUT2D eigenvalue weighted by atomic mass is 16.2. The minimum Gasteiger partial charge on any atom is -0.370 e. The van der Waals surface area contributed by atoms with Crippen LogP contribution in [0.2, 0.25) is 0 Å². The number of amides is 6. The summed E-state index contributed by atoms with van der Waals surface area (Å²) in [6.45, 7) is 12.0. The molecule has 0 spiro atoms. The van der Waals surface area contributed by atoms with E-state index in [1.807, 2.05) is 13.8 Å². The van der Waals surface area contributed by atoms with Gasteiger partial charge in [0.05, 0.1) is 0 Å². The molecule has 0 rings (SSSR count). The molecule has 4 atom stereocenters. The molecular formula is C23H42N6O6. The average Bonchev–Trinajstić information content (AvgIpc) is 2.70. The summed E-state index contributed by atoms with van der Waals surface area (Å²) in [6.07, 6.45) is 0.344. The third-order valence-corrected chi connectivity index (χ3v) is 5.20. The number of rotatable bonds is 14. The van der Waals surface area contributed by atoms with E-state index in [1.54, 1.807) is 27.7 Å². The fourth-order valence-corrected chi connectivity index (χ4v) is 3.32. The van der Waals surface area contributed by atoms with Crippen molar-refractivity contribution in [3.8, 4) is 0 Å². The van der Waals surface area contributed by atoms with Crippen LogP contribution in [0.25, 0.3) is 0 Å². The van der Waals surface area contributed by atoms with Gasteiger partial charge in [0.2, 0.25) is 35.4 Å². The minimum atomic E-state index is -1.14. The maximum absolute atomic E-state index is 13.2. The van der Waals surface area contributed by atoms with Gasteiger partial charge in [-0.15, -0.1) is 0 Å². The minimum absolute atomic E-state index is 0.00406. The molecule has 0 bridgehead atoms. The van der Waals surface area contributed by atoms with Crippen molar-refractivity contribution in [2.24, 2.45) is 22.8 Å². The lowest BCUT2D eigenvalue weighted by atomic mass is 9.85. The van der Waals surface area contributed by atoms with Crippen LogP contribution in [-0.4, -0.2) is 59.6 Å². The highest BCUT2D eigenvalue weighted by molar-refractivity contribution is 5.95. The third-order valence-electron chi connectivity index (χ3n) is 5.20. The fourth-order valence-electron chi connectivity index (χ4n) is 3.32. The second-order valence-electron chi connectivity index (χ2n) is 10.1. The second kappa shape index (κ2) is 14.3. The first-order valence-electron chi connectivity index (χ1n) is 11.7. The van der Waals surface area contributed by atoms with Crippen LogP contribution in [0.15, 0.2) is 0 Å². The molecule has 0 aliphatic heterocycles. The van der Waals surface area contributed by atoms with Gasteiger partial charge >= 0.3 is 0 Å². The van der Waals surface area contributed by atoms with Crippen molar-refractivity contribution < 1.29 is 28.8 Å². The van der Waals surface area contributed by atoms with Crippen LogP contribution >= 0.6 is 0 Å². The van der Waals surface area contributed by atoms with E-state index in [0.717, 1.165) is 0 Å². The lowest BCUT2D eigenvalue weighted by molar-refractivity contribution is -0.136. The Labute approximate surface area is 207 Å². The van der Waals surface area contributed by atoms with Gasteiger partial charge in [-0.05, 0) is 30.6 Å². The van der Waals surface area contributed by atoms with Gasteiger partial charge in [-0.2, -0.15) is 0 Å². The molecule has 0 unspecified atom stereocenters. The molecule has 6 amide bonds. The topological polar surface area (TPSA) is 203 Å². The van der Waals surface area contributed by atoms with Gasteiger partial charge in [-0.3, -0.25) is 28.8 Å². The van der Waals surface area contributed by atoms with Crippen molar-refractivity contribution in [3.63, 3.8) is 0 Å². The fraction of sp³-hybridized carbons (Fsp3) is 0.739. The van der Waals surface area contributed by atoms with Gasteiger partial charge in [0.1, 0.15) is 24.2 Å². The smallest absolute Gasteiger partial charge is 0.243 e. The maximum atomic E-state index is 13.2. The van der Waals surface area contributed by atoms with Crippen molar-refractivity contribution in [3.05, 3.63) is 0 Å². The van der Waals surface area contributed by atoms with E-state index in [4.69, 9.17) is 11.5 Å². The summed E-state index contributed by atoms with van der Waals surface area (Å²) in [4.78, 5) is 73.1. The van der Waals surface area contributed by atoms with Gasteiger partial charge in [0.25, 0.3) is 0 Å². The molecule has 12 heteroatoms. The Bertz CT molecular complexity index is 792. The van der Waals surface area contributed by atoms with Crippen molar-refractivity contribution >= 4 is 35.4 Å². The van der Waals surface area contributed by atoms with Gasteiger partial charge in [-0.1, -0.05) is 41.5 Å². The maximum Gasteiger partial charge on any atom is 0.243 e. The van der Waals surface area contributed by atoms with E-state index < -0.39 is 59.1 Å². The predicted molar refractivity (Wildman–Crippen MR) is 130 cm³/mol. The van der Waals surface area contributed by atoms with Gasteiger partial charge in [-0.25, -0.2) is 0 Å². The Hall–Kier alpha value is -3.18. The predicted octanol–water partition coefficient (Wildman–Crippen LogP) is -0.801. The SMILES string of the molecule is CC[C@H](NC(C)=O)C(=O)N[C@H](C(=O)N[C@@H](CC(C)C)C(=O)N[C@@H](CCC(N)=O)C(N)=O)C(C)(C)C. The van der Waals surface area contributed by atoms with Gasteiger partial charge < -0.3 is 32.7 Å². The molecule has 0 heterocycles. The highest BCUT2D eigenvalue weighted by Crippen LogP contribution is 2.20. The van der Waals surface area contributed by atoms with Crippen LogP contribution in [0.4, 0.5) is 0 Å². The van der Waals surface area contributed by atoms with Crippen molar-refractivity contribution in [1.29, 1.82) is 0 Å². The van der Waals surface area contributed by atoms with Gasteiger partial charge in [0, 0.05) is 13.3 Å². The molecule has 0 saturated carbocycles. The lowest BCUT2D eigenvalue weighted by Gasteiger charge is -2.33. The molecule has 0 radical (unpaired) electrons. The van der Waals surface area contributed by atoms with Crippen LogP contribution in [-0.2, 0) is 28.8 Å². The van der Waals surface area contributed by atoms with Crippen molar-refractivity contribution in [2.45, 2.75) is 98.3 Å². The van der Waals surface area contributed by atoms with Crippen LogP contribution in [0, 0.1) is 11.3 Å².